The Balaban J connectivity index is 2.73. The number of para-hydroxylation sites is 1. The molecule has 14 heavy (non-hydrogen) atoms. The van der Waals surface area contributed by atoms with Crippen LogP contribution in [0.1, 0.15) is 6.92 Å². The van der Waals surface area contributed by atoms with Crippen molar-refractivity contribution in [3.05, 3.63) is 36.5 Å². The third-order valence-corrected chi connectivity index (χ3v) is 2.40. The summed E-state index contributed by atoms with van der Waals surface area (Å²) in [6.07, 6.45) is 2.03. The lowest BCUT2D eigenvalue weighted by molar-refractivity contribution is -0.668. The topological polar surface area (TPSA) is 13.1 Å². The molecule has 1 aromatic heterocycles. The van der Waals surface area contributed by atoms with E-state index in [4.69, 9.17) is 4.74 Å². The lowest BCUT2D eigenvalue weighted by Gasteiger charge is -2.02. The second kappa shape index (κ2) is 3.66. The zero-order chi connectivity index (χ0) is 9.97. The SMILES string of the molecule is CC[n+]1cc(OC)cc2ccccc21. The second-order valence-electron chi connectivity index (χ2n) is 3.22. The molecule has 0 bridgehead atoms. The van der Waals surface area contributed by atoms with Crippen molar-refractivity contribution in [2.75, 3.05) is 7.11 Å². The molecule has 0 N–H and O–H groups in total. The number of benzene rings is 1. The minimum absolute atomic E-state index is 0.908. The minimum Gasteiger partial charge on any atom is -0.491 e. The maximum absolute atomic E-state index is 5.24. The average Bonchev–Trinajstić information content (AvgIpc) is 2.27. The van der Waals surface area contributed by atoms with Gasteiger partial charge in [-0.15, -0.1) is 0 Å². The maximum Gasteiger partial charge on any atom is 0.212 e. The van der Waals surface area contributed by atoms with E-state index in [2.05, 4.69) is 35.8 Å². The number of aryl methyl sites for hydroxylation is 1. The molecule has 72 valence electrons. The van der Waals surface area contributed by atoms with Crippen LogP contribution in [-0.2, 0) is 6.54 Å². The number of fused-ring (bicyclic) bond motifs is 1. The molecule has 0 amide bonds. The number of hydrogen-bond donors (Lipinski definition) is 0. The van der Waals surface area contributed by atoms with Gasteiger partial charge in [0.1, 0.15) is 6.54 Å². The molecule has 1 heterocycles. The van der Waals surface area contributed by atoms with Crippen LogP contribution in [-0.4, -0.2) is 7.11 Å². The highest BCUT2D eigenvalue weighted by molar-refractivity contribution is 5.76. The Labute approximate surface area is 83.8 Å². The van der Waals surface area contributed by atoms with E-state index in [0.717, 1.165) is 12.3 Å². The molecule has 1 aromatic carbocycles. The van der Waals surface area contributed by atoms with Crippen LogP contribution in [0, 0.1) is 0 Å². The normalized spacial score (nSPS) is 10.4. The molecule has 0 saturated carbocycles. The van der Waals surface area contributed by atoms with Gasteiger partial charge in [0.15, 0.2) is 5.75 Å². The Hall–Kier alpha value is -1.57. The number of methoxy groups -OCH3 is 1. The van der Waals surface area contributed by atoms with E-state index >= 15 is 0 Å². The summed E-state index contributed by atoms with van der Waals surface area (Å²) in [5.74, 6) is 0.908. The van der Waals surface area contributed by atoms with Crippen molar-refractivity contribution in [2.45, 2.75) is 13.5 Å². The molecule has 0 aliphatic rings. The van der Waals surface area contributed by atoms with E-state index in [-0.39, 0.29) is 0 Å². The second-order valence-corrected chi connectivity index (χ2v) is 3.22. The summed E-state index contributed by atoms with van der Waals surface area (Å²) in [4.78, 5) is 0. The van der Waals surface area contributed by atoms with Gasteiger partial charge >= 0.3 is 0 Å². The summed E-state index contributed by atoms with van der Waals surface area (Å²) < 4.78 is 7.43. The molecule has 0 spiro atoms. The van der Waals surface area contributed by atoms with Crippen LogP contribution in [0.15, 0.2) is 36.5 Å². The molecular formula is C12H14NO+. The Morgan fingerprint density at radius 3 is 2.79 bits per heavy atom. The monoisotopic (exact) mass is 188 g/mol. The van der Waals surface area contributed by atoms with Gasteiger partial charge in [0.05, 0.1) is 12.5 Å². The van der Waals surface area contributed by atoms with Crippen LogP contribution < -0.4 is 9.30 Å². The standard InChI is InChI=1S/C12H14NO/c1-3-13-9-11(14-2)8-10-6-4-5-7-12(10)13/h4-9H,3H2,1-2H3/q+1. The summed E-state index contributed by atoms with van der Waals surface area (Å²) in [5.41, 5.74) is 1.25. The summed E-state index contributed by atoms with van der Waals surface area (Å²) in [5, 5.41) is 1.22. The van der Waals surface area contributed by atoms with Crippen LogP contribution in [0.5, 0.6) is 5.75 Å². The van der Waals surface area contributed by atoms with Crippen molar-refractivity contribution < 1.29 is 9.30 Å². The predicted octanol–water partition coefficient (Wildman–Crippen LogP) is 2.16. The van der Waals surface area contributed by atoms with E-state index < -0.39 is 0 Å². The van der Waals surface area contributed by atoms with E-state index in [1.807, 2.05) is 12.3 Å². The molecule has 0 radical (unpaired) electrons. The van der Waals surface area contributed by atoms with Gasteiger partial charge in [-0.3, -0.25) is 0 Å². The van der Waals surface area contributed by atoms with Crippen LogP contribution in [0.25, 0.3) is 10.9 Å². The fourth-order valence-electron chi connectivity index (χ4n) is 1.66. The molecule has 0 aliphatic heterocycles. The summed E-state index contributed by atoms with van der Waals surface area (Å²) in [6, 6.07) is 10.4. The molecule has 0 unspecified atom stereocenters. The van der Waals surface area contributed by atoms with Crippen LogP contribution in [0.2, 0.25) is 0 Å². The van der Waals surface area contributed by atoms with Crippen molar-refractivity contribution in [3.8, 4) is 5.75 Å². The zero-order valence-corrected chi connectivity index (χ0v) is 8.53. The van der Waals surface area contributed by atoms with E-state index in [1.165, 1.54) is 10.9 Å². The van der Waals surface area contributed by atoms with Crippen molar-refractivity contribution in [2.24, 2.45) is 0 Å². The Morgan fingerprint density at radius 1 is 1.29 bits per heavy atom. The van der Waals surface area contributed by atoms with Crippen LogP contribution in [0.3, 0.4) is 0 Å². The fourth-order valence-corrected chi connectivity index (χ4v) is 1.66. The fraction of sp³-hybridized carbons (Fsp3) is 0.250. The Bertz CT molecular complexity index is 451. The highest BCUT2D eigenvalue weighted by Gasteiger charge is 2.08. The van der Waals surface area contributed by atoms with E-state index in [1.54, 1.807) is 7.11 Å². The first kappa shape index (κ1) is 9.00. The number of ether oxygens (including phenoxy) is 1. The Morgan fingerprint density at radius 2 is 2.07 bits per heavy atom. The summed E-state index contributed by atoms with van der Waals surface area (Å²) >= 11 is 0. The van der Waals surface area contributed by atoms with Gasteiger partial charge in [0, 0.05) is 12.1 Å². The van der Waals surface area contributed by atoms with Gasteiger partial charge in [-0.05, 0) is 13.0 Å². The molecule has 0 atom stereocenters. The third-order valence-electron chi connectivity index (χ3n) is 2.40. The molecule has 0 fully saturated rings. The lowest BCUT2D eigenvalue weighted by Crippen LogP contribution is -2.32. The first-order valence-corrected chi connectivity index (χ1v) is 4.81. The first-order valence-electron chi connectivity index (χ1n) is 4.81. The van der Waals surface area contributed by atoms with E-state index in [0.29, 0.717) is 0 Å². The molecule has 2 heteroatoms. The minimum atomic E-state index is 0.908. The highest BCUT2D eigenvalue weighted by atomic mass is 16.5. The number of aromatic nitrogens is 1. The molecule has 2 rings (SSSR count). The third kappa shape index (κ3) is 1.43. The van der Waals surface area contributed by atoms with Gasteiger partial charge < -0.3 is 4.74 Å². The first-order chi connectivity index (χ1) is 6.85. The average molecular weight is 188 g/mol. The highest BCUT2D eigenvalue weighted by Crippen LogP contribution is 2.15. The predicted molar refractivity (Wildman–Crippen MR) is 56.4 cm³/mol. The van der Waals surface area contributed by atoms with Gasteiger partial charge in [0.2, 0.25) is 11.7 Å². The van der Waals surface area contributed by atoms with E-state index in [9.17, 15) is 0 Å². The van der Waals surface area contributed by atoms with Crippen LogP contribution >= 0.6 is 0 Å². The van der Waals surface area contributed by atoms with Crippen LogP contribution in [0.4, 0.5) is 0 Å². The van der Waals surface area contributed by atoms with Gasteiger partial charge in [0.25, 0.3) is 0 Å². The quantitative estimate of drug-likeness (QED) is 0.658. The lowest BCUT2D eigenvalue weighted by atomic mass is 10.2. The molecule has 2 aromatic rings. The van der Waals surface area contributed by atoms with Crippen molar-refractivity contribution in [1.29, 1.82) is 0 Å². The zero-order valence-electron chi connectivity index (χ0n) is 8.53. The molecule has 0 aliphatic carbocycles. The number of hydrogen-bond acceptors (Lipinski definition) is 1. The van der Waals surface area contributed by atoms with Crippen molar-refractivity contribution in [1.82, 2.24) is 0 Å². The number of rotatable bonds is 2. The smallest absolute Gasteiger partial charge is 0.212 e. The maximum atomic E-state index is 5.24. The largest absolute Gasteiger partial charge is 0.491 e. The molecule has 0 saturated heterocycles. The van der Waals surface area contributed by atoms with Gasteiger partial charge in [-0.2, -0.15) is 4.57 Å². The van der Waals surface area contributed by atoms with Crippen molar-refractivity contribution in [3.63, 3.8) is 0 Å². The van der Waals surface area contributed by atoms with Gasteiger partial charge in [-0.25, -0.2) is 0 Å². The number of nitrogens with zero attached hydrogens (tertiary/aromatic N) is 1. The van der Waals surface area contributed by atoms with Gasteiger partial charge in [-0.1, -0.05) is 12.1 Å². The summed E-state index contributed by atoms with van der Waals surface area (Å²) in [6.45, 7) is 3.09. The summed E-state index contributed by atoms with van der Waals surface area (Å²) in [7, 11) is 1.70. The number of pyridine rings is 1. The Kier molecular flexibility index (Phi) is 2.35. The molecule has 2 nitrogen and oxygen atoms in total. The van der Waals surface area contributed by atoms with Crippen molar-refractivity contribution >= 4 is 10.9 Å². The molecular weight excluding hydrogens is 174 g/mol.